The maximum atomic E-state index is 13.8. The monoisotopic (exact) mass is 490 g/mol. The Morgan fingerprint density at radius 1 is 0.972 bits per heavy atom. The van der Waals surface area contributed by atoms with E-state index < -0.39 is 5.92 Å². The summed E-state index contributed by atoms with van der Waals surface area (Å²) >= 11 is 0. The lowest BCUT2D eigenvalue weighted by Gasteiger charge is -2.39. The Hall–Kier alpha value is -3.74. The van der Waals surface area contributed by atoms with E-state index in [-0.39, 0.29) is 17.1 Å². The number of hydrogen-bond acceptors (Lipinski definition) is 6. The SMILES string of the molecule is COc1cc(C2C(C(=O)Nc3ccc(C)cc3)=C(C)NC3=C2C(=O)CC(C)(C)C3)cc(OC)c1OC. The first kappa shape index (κ1) is 25.4. The molecule has 0 aromatic heterocycles. The molecule has 1 amide bonds. The van der Waals surface area contributed by atoms with Gasteiger partial charge in [-0.05, 0) is 55.5 Å². The summed E-state index contributed by atoms with van der Waals surface area (Å²) in [6.45, 7) is 8.05. The average Bonchev–Trinajstić information content (AvgIpc) is 2.82. The fourth-order valence-corrected chi connectivity index (χ4v) is 5.17. The molecule has 0 bridgehead atoms. The third-order valence-electron chi connectivity index (χ3n) is 6.81. The molecular formula is C29H34N2O5. The minimum Gasteiger partial charge on any atom is -0.493 e. The van der Waals surface area contributed by atoms with Crippen molar-refractivity contribution in [3.63, 3.8) is 0 Å². The minimum atomic E-state index is -0.594. The van der Waals surface area contributed by atoms with Gasteiger partial charge in [0.1, 0.15) is 0 Å². The minimum absolute atomic E-state index is 0.0284. The van der Waals surface area contributed by atoms with Gasteiger partial charge in [-0.15, -0.1) is 0 Å². The molecule has 2 aromatic carbocycles. The molecule has 36 heavy (non-hydrogen) atoms. The smallest absolute Gasteiger partial charge is 0.254 e. The van der Waals surface area contributed by atoms with Gasteiger partial charge in [0.05, 0.1) is 21.3 Å². The van der Waals surface area contributed by atoms with Crippen LogP contribution in [0.25, 0.3) is 0 Å². The number of ether oxygens (including phenoxy) is 3. The van der Waals surface area contributed by atoms with E-state index in [1.807, 2.05) is 50.2 Å². The molecule has 0 fully saturated rings. The molecule has 0 saturated heterocycles. The van der Waals surface area contributed by atoms with Gasteiger partial charge in [-0.25, -0.2) is 0 Å². The van der Waals surface area contributed by atoms with E-state index in [1.165, 1.54) is 0 Å². The van der Waals surface area contributed by atoms with Crippen LogP contribution in [0.3, 0.4) is 0 Å². The predicted octanol–water partition coefficient (Wildman–Crippen LogP) is 5.26. The number of methoxy groups -OCH3 is 3. The maximum Gasteiger partial charge on any atom is 0.254 e. The molecule has 4 rings (SSSR count). The highest BCUT2D eigenvalue weighted by Gasteiger charge is 2.43. The number of ketones is 1. The zero-order valence-corrected chi connectivity index (χ0v) is 22.0. The number of amides is 1. The molecule has 2 aromatic rings. The fraction of sp³-hybridized carbons (Fsp3) is 0.379. The van der Waals surface area contributed by atoms with Gasteiger partial charge in [0.15, 0.2) is 17.3 Å². The highest BCUT2D eigenvalue weighted by molar-refractivity contribution is 6.10. The Bertz CT molecular complexity index is 1250. The quantitative estimate of drug-likeness (QED) is 0.574. The van der Waals surface area contributed by atoms with Gasteiger partial charge in [-0.3, -0.25) is 9.59 Å². The maximum absolute atomic E-state index is 13.8. The number of benzene rings is 2. The molecule has 1 heterocycles. The van der Waals surface area contributed by atoms with Gasteiger partial charge < -0.3 is 24.8 Å². The molecule has 1 unspecified atom stereocenters. The van der Waals surface area contributed by atoms with Crippen molar-refractivity contribution in [3.8, 4) is 17.2 Å². The molecule has 2 N–H and O–H groups in total. The van der Waals surface area contributed by atoms with Crippen molar-refractivity contribution in [2.75, 3.05) is 26.6 Å². The van der Waals surface area contributed by atoms with Gasteiger partial charge in [-0.1, -0.05) is 31.5 Å². The van der Waals surface area contributed by atoms with E-state index in [9.17, 15) is 9.59 Å². The van der Waals surface area contributed by atoms with Crippen LogP contribution in [-0.2, 0) is 9.59 Å². The van der Waals surface area contributed by atoms with Gasteiger partial charge in [-0.2, -0.15) is 0 Å². The summed E-state index contributed by atoms with van der Waals surface area (Å²) in [6, 6.07) is 11.3. The zero-order chi connectivity index (χ0) is 26.2. The number of carbonyl (C=O) groups excluding carboxylic acids is 2. The molecule has 1 atom stereocenters. The number of hydrogen-bond donors (Lipinski definition) is 2. The molecule has 0 spiro atoms. The summed E-state index contributed by atoms with van der Waals surface area (Å²) in [6.07, 6.45) is 1.11. The molecule has 0 radical (unpaired) electrons. The highest BCUT2D eigenvalue weighted by Crippen LogP contribution is 2.49. The fourth-order valence-electron chi connectivity index (χ4n) is 5.17. The van der Waals surface area contributed by atoms with Crippen molar-refractivity contribution < 1.29 is 23.8 Å². The first-order chi connectivity index (χ1) is 17.1. The topological polar surface area (TPSA) is 85.9 Å². The van der Waals surface area contributed by atoms with Crippen molar-refractivity contribution in [2.24, 2.45) is 5.41 Å². The lowest BCUT2D eigenvalue weighted by molar-refractivity contribution is -0.118. The lowest BCUT2D eigenvalue weighted by atomic mass is 9.68. The van der Waals surface area contributed by atoms with Crippen LogP contribution in [0, 0.1) is 12.3 Å². The van der Waals surface area contributed by atoms with E-state index in [2.05, 4.69) is 24.5 Å². The second-order valence-corrected chi connectivity index (χ2v) is 10.2. The van der Waals surface area contributed by atoms with Crippen LogP contribution in [0.4, 0.5) is 5.69 Å². The average molecular weight is 491 g/mol. The number of aryl methyl sites for hydroxylation is 1. The Morgan fingerprint density at radius 2 is 1.58 bits per heavy atom. The molecule has 1 aliphatic heterocycles. The summed E-state index contributed by atoms with van der Waals surface area (Å²) in [5.41, 5.74) is 5.00. The summed E-state index contributed by atoms with van der Waals surface area (Å²) in [5.74, 6) is 0.546. The van der Waals surface area contributed by atoms with Crippen LogP contribution in [0.15, 0.2) is 58.9 Å². The molecule has 7 nitrogen and oxygen atoms in total. The Kier molecular flexibility index (Phi) is 6.85. The van der Waals surface area contributed by atoms with Crippen LogP contribution < -0.4 is 24.8 Å². The van der Waals surface area contributed by atoms with E-state index in [0.717, 1.165) is 16.8 Å². The first-order valence-electron chi connectivity index (χ1n) is 12.0. The summed E-state index contributed by atoms with van der Waals surface area (Å²) < 4.78 is 16.7. The third-order valence-corrected chi connectivity index (χ3v) is 6.81. The van der Waals surface area contributed by atoms with Crippen LogP contribution in [0.1, 0.15) is 50.7 Å². The summed E-state index contributed by atoms with van der Waals surface area (Å²) in [7, 11) is 4.64. The Balaban J connectivity index is 1.89. The molecule has 1 aliphatic carbocycles. The van der Waals surface area contributed by atoms with Gasteiger partial charge in [0, 0.05) is 40.6 Å². The number of anilines is 1. The van der Waals surface area contributed by atoms with Crippen molar-refractivity contribution in [1.82, 2.24) is 5.32 Å². The van der Waals surface area contributed by atoms with Crippen molar-refractivity contribution >= 4 is 17.4 Å². The standard InChI is InChI=1S/C29H34N2O5/c1-16-8-10-19(11-9-16)31-28(33)24-17(2)30-20-14-29(3,4)15-21(32)26(20)25(24)18-12-22(34-5)27(36-7)23(13-18)35-6/h8-13,25,30H,14-15H2,1-7H3,(H,31,33). The molecule has 0 saturated carbocycles. The van der Waals surface area contributed by atoms with Gasteiger partial charge >= 0.3 is 0 Å². The number of rotatable bonds is 6. The van der Waals surface area contributed by atoms with E-state index in [4.69, 9.17) is 14.2 Å². The van der Waals surface area contributed by atoms with Crippen LogP contribution in [0.5, 0.6) is 17.2 Å². The van der Waals surface area contributed by atoms with Crippen molar-refractivity contribution in [3.05, 3.63) is 70.1 Å². The van der Waals surface area contributed by atoms with E-state index in [0.29, 0.717) is 52.6 Å². The summed E-state index contributed by atoms with van der Waals surface area (Å²) in [5, 5.41) is 6.42. The van der Waals surface area contributed by atoms with Crippen molar-refractivity contribution in [1.29, 1.82) is 0 Å². The molecule has 2 aliphatic rings. The van der Waals surface area contributed by atoms with Crippen LogP contribution in [-0.4, -0.2) is 33.0 Å². The summed E-state index contributed by atoms with van der Waals surface area (Å²) in [4.78, 5) is 27.3. The number of nitrogens with one attached hydrogen (secondary N) is 2. The van der Waals surface area contributed by atoms with Crippen molar-refractivity contribution in [2.45, 2.75) is 46.5 Å². The molecule has 190 valence electrons. The number of carbonyl (C=O) groups is 2. The number of allylic oxidation sites excluding steroid dienone is 3. The predicted molar refractivity (Wildman–Crippen MR) is 140 cm³/mol. The normalized spacial score (nSPS) is 18.9. The van der Waals surface area contributed by atoms with Gasteiger partial charge in [0.25, 0.3) is 5.91 Å². The number of Topliss-reactive ketones (excluding diaryl/α,β-unsaturated/α-hetero) is 1. The number of dihydropyridines is 1. The second kappa shape index (κ2) is 9.72. The zero-order valence-electron chi connectivity index (χ0n) is 22.0. The van der Waals surface area contributed by atoms with E-state index in [1.54, 1.807) is 21.3 Å². The van der Waals surface area contributed by atoms with Crippen LogP contribution in [0.2, 0.25) is 0 Å². The van der Waals surface area contributed by atoms with Gasteiger partial charge in [0.2, 0.25) is 5.75 Å². The Labute approximate surface area is 212 Å². The molecule has 7 heteroatoms. The third kappa shape index (κ3) is 4.70. The van der Waals surface area contributed by atoms with Crippen LogP contribution >= 0.6 is 0 Å². The second-order valence-electron chi connectivity index (χ2n) is 10.2. The molecular weight excluding hydrogens is 456 g/mol. The largest absolute Gasteiger partial charge is 0.493 e. The Morgan fingerprint density at radius 3 is 2.14 bits per heavy atom. The van der Waals surface area contributed by atoms with E-state index >= 15 is 0 Å². The highest BCUT2D eigenvalue weighted by atomic mass is 16.5. The lowest BCUT2D eigenvalue weighted by Crippen LogP contribution is -2.39. The first-order valence-corrected chi connectivity index (χ1v) is 12.0.